The summed E-state index contributed by atoms with van der Waals surface area (Å²) in [4.78, 5) is 10.6. The summed E-state index contributed by atoms with van der Waals surface area (Å²) in [5, 5.41) is 17.7. The van der Waals surface area contributed by atoms with Crippen molar-refractivity contribution in [2.75, 3.05) is 0 Å². The number of hydrazone groups is 1. The molecule has 26 heavy (non-hydrogen) atoms. The number of nitro benzene ring substituents is 1. The quantitative estimate of drug-likeness (QED) is 0.400. The van der Waals surface area contributed by atoms with Gasteiger partial charge in [0, 0.05) is 23.3 Å². The molecule has 0 radical (unpaired) electrons. The van der Waals surface area contributed by atoms with E-state index in [1.54, 1.807) is 6.07 Å². The van der Waals surface area contributed by atoms with Gasteiger partial charge in [-0.05, 0) is 30.2 Å². The molecule has 0 bridgehead atoms. The number of hydrogen-bond acceptors (Lipinski definition) is 4. The monoisotopic (exact) mass is 345 g/mol. The van der Waals surface area contributed by atoms with Crippen LogP contribution in [0.2, 0.25) is 0 Å². The molecule has 1 N–H and O–H groups in total. The summed E-state index contributed by atoms with van der Waals surface area (Å²) in [6.07, 6.45) is 0. The van der Waals surface area contributed by atoms with Crippen molar-refractivity contribution in [2.45, 2.75) is 13.8 Å². The molecule has 0 amide bonds. The van der Waals surface area contributed by atoms with Crippen molar-refractivity contribution < 1.29 is 4.92 Å². The van der Waals surface area contributed by atoms with Crippen LogP contribution >= 0.6 is 0 Å². The van der Waals surface area contributed by atoms with E-state index in [2.05, 4.69) is 35.3 Å². The van der Waals surface area contributed by atoms with Crippen molar-refractivity contribution >= 4 is 27.9 Å². The minimum Gasteiger partial charge on any atom is -0.278 e. The highest BCUT2D eigenvalue weighted by atomic mass is 16.6. The molecule has 0 aromatic heterocycles. The number of benzene rings is 3. The fourth-order valence-electron chi connectivity index (χ4n) is 2.86. The molecule has 3 rings (SSSR count). The van der Waals surface area contributed by atoms with Crippen LogP contribution in [0.25, 0.3) is 16.5 Å². The maximum Gasteiger partial charge on any atom is 0.270 e. The molecular weight excluding hydrogens is 326 g/mol. The summed E-state index contributed by atoms with van der Waals surface area (Å²) in [5.41, 5.74) is 6.90. The van der Waals surface area contributed by atoms with E-state index in [0.29, 0.717) is 11.3 Å². The molecule has 0 aliphatic carbocycles. The molecule has 0 saturated heterocycles. The number of nitrogens with one attached hydrogen (secondary N) is 1. The summed E-state index contributed by atoms with van der Waals surface area (Å²) >= 11 is 0. The van der Waals surface area contributed by atoms with Crippen LogP contribution in [-0.2, 0) is 0 Å². The van der Waals surface area contributed by atoms with Crippen molar-refractivity contribution in [3.8, 4) is 0 Å². The van der Waals surface area contributed by atoms with Crippen molar-refractivity contribution in [3.05, 3.63) is 94.0 Å². The van der Waals surface area contributed by atoms with Crippen molar-refractivity contribution in [2.24, 2.45) is 5.10 Å². The summed E-state index contributed by atoms with van der Waals surface area (Å²) in [5.74, 6) is 0. The van der Waals surface area contributed by atoms with Gasteiger partial charge in [-0.15, -0.1) is 0 Å². The predicted octanol–water partition coefficient (Wildman–Crippen LogP) is 5.04. The highest BCUT2D eigenvalue weighted by Crippen LogP contribution is 2.22. The second-order valence-corrected chi connectivity index (χ2v) is 6.07. The van der Waals surface area contributed by atoms with Gasteiger partial charge in [-0.3, -0.25) is 15.5 Å². The predicted molar refractivity (Wildman–Crippen MR) is 106 cm³/mol. The van der Waals surface area contributed by atoms with Crippen molar-refractivity contribution in [3.63, 3.8) is 0 Å². The average molecular weight is 345 g/mol. The Morgan fingerprint density at radius 1 is 1.08 bits per heavy atom. The van der Waals surface area contributed by atoms with Gasteiger partial charge in [-0.1, -0.05) is 55.1 Å². The first-order valence-electron chi connectivity index (χ1n) is 8.20. The Morgan fingerprint density at radius 3 is 2.58 bits per heavy atom. The van der Waals surface area contributed by atoms with E-state index < -0.39 is 4.92 Å². The van der Waals surface area contributed by atoms with Crippen LogP contribution in [0.4, 0.5) is 5.69 Å². The van der Waals surface area contributed by atoms with Crippen LogP contribution in [0.15, 0.2) is 72.3 Å². The molecule has 5 heteroatoms. The molecule has 0 fully saturated rings. The van der Waals surface area contributed by atoms with Gasteiger partial charge in [0.2, 0.25) is 0 Å². The second-order valence-electron chi connectivity index (χ2n) is 6.07. The van der Waals surface area contributed by atoms with Gasteiger partial charge in [0.05, 0.1) is 16.3 Å². The van der Waals surface area contributed by atoms with E-state index >= 15 is 0 Å². The van der Waals surface area contributed by atoms with E-state index in [4.69, 9.17) is 0 Å². The lowest BCUT2D eigenvalue weighted by Gasteiger charge is -2.11. The number of nitrogens with zero attached hydrogens (tertiary/aromatic N) is 2. The molecule has 130 valence electrons. The van der Waals surface area contributed by atoms with Gasteiger partial charge in [-0.25, -0.2) is 0 Å². The molecule has 0 atom stereocenters. The maximum absolute atomic E-state index is 11.0. The Hall–Kier alpha value is -3.47. The molecule has 0 saturated carbocycles. The van der Waals surface area contributed by atoms with Crippen molar-refractivity contribution in [1.82, 2.24) is 5.43 Å². The molecular formula is C21H19N3O2. The number of fused-ring (bicyclic) bond motifs is 1. The third-order valence-electron chi connectivity index (χ3n) is 4.30. The van der Waals surface area contributed by atoms with Crippen LogP contribution in [0, 0.1) is 17.0 Å². The highest BCUT2D eigenvalue weighted by Gasteiger charge is 2.11. The smallest absolute Gasteiger partial charge is 0.270 e. The van der Waals surface area contributed by atoms with Gasteiger partial charge in [0.15, 0.2) is 0 Å². The largest absolute Gasteiger partial charge is 0.278 e. The minimum absolute atomic E-state index is 0.0308. The molecule has 0 unspecified atom stereocenters. The molecule has 0 aliphatic rings. The number of hydrogen-bond donors (Lipinski definition) is 1. The lowest BCUT2D eigenvalue weighted by atomic mass is 10.0. The number of rotatable bonds is 5. The van der Waals surface area contributed by atoms with Crippen LogP contribution in [0.5, 0.6) is 0 Å². The first-order chi connectivity index (χ1) is 12.5. The summed E-state index contributed by atoms with van der Waals surface area (Å²) in [6.45, 7) is 7.77. The molecule has 0 aliphatic heterocycles. The zero-order valence-corrected chi connectivity index (χ0v) is 14.7. The Morgan fingerprint density at radius 2 is 1.81 bits per heavy atom. The van der Waals surface area contributed by atoms with Gasteiger partial charge in [0.1, 0.15) is 0 Å². The third kappa shape index (κ3) is 3.47. The van der Waals surface area contributed by atoms with Crippen LogP contribution in [0.3, 0.4) is 0 Å². The second kappa shape index (κ2) is 7.19. The number of nitro groups is 1. The Labute approximate surface area is 151 Å². The lowest BCUT2D eigenvalue weighted by molar-refractivity contribution is -0.384. The Kier molecular flexibility index (Phi) is 4.80. The van der Waals surface area contributed by atoms with E-state index in [1.807, 2.05) is 38.1 Å². The van der Waals surface area contributed by atoms with E-state index in [0.717, 1.165) is 27.6 Å². The summed E-state index contributed by atoms with van der Waals surface area (Å²) in [7, 11) is 0. The summed E-state index contributed by atoms with van der Waals surface area (Å²) < 4.78 is 0. The maximum atomic E-state index is 11.0. The zero-order chi connectivity index (χ0) is 18.7. The molecule has 0 spiro atoms. The zero-order valence-electron chi connectivity index (χ0n) is 14.7. The topological polar surface area (TPSA) is 67.5 Å². The van der Waals surface area contributed by atoms with Crippen molar-refractivity contribution in [1.29, 1.82) is 0 Å². The fourth-order valence-corrected chi connectivity index (χ4v) is 2.86. The van der Waals surface area contributed by atoms with E-state index in [-0.39, 0.29) is 5.69 Å². The lowest BCUT2D eigenvalue weighted by Crippen LogP contribution is -2.09. The Bertz CT molecular complexity index is 1030. The van der Waals surface area contributed by atoms with E-state index in [1.165, 1.54) is 12.1 Å². The minimum atomic E-state index is -0.416. The summed E-state index contributed by atoms with van der Waals surface area (Å²) in [6, 6.07) is 18.9. The molecule has 3 aromatic rings. The number of aryl methyl sites for hydroxylation is 1. The van der Waals surface area contributed by atoms with Crippen LogP contribution < -0.4 is 5.43 Å². The molecule has 5 nitrogen and oxygen atoms in total. The standard InChI is InChI=1S/C21H19N3O2/c1-14-11-12-18(24(25)26)13-21(14)16(3)23-22-15(2)19-10-6-8-17-7-4-5-9-20(17)19/h4-13,23H,3H2,1-2H3/b22-15-. The fraction of sp³-hybridized carbons (Fsp3) is 0.0952. The van der Waals surface area contributed by atoms with Gasteiger partial charge in [-0.2, -0.15) is 5.10 Å². The van der Waals surface area contributed by atoms with Crippen LogP contribution in [0.1, 0.15) is 23.6 Å². The highest BCUT2D eigenvalue weighted by molar-refractivity contribution is 6.09. The van der Waals surface area contributed by atoms with Gasteiger partial charge < -0.3 is 0 Å². The average Bonchev–Trinajstić information content (AvgIpc) is 2.65. The van der Waals surface area contributed by atoms with Gasteiger partial charge in [0.25, 0.3) is 5.69 Å². The Balaban J connectivity index is 1.88. The van der Waals surface area contributed by atoms with E-state index in [9.17, 15) is 10.1 Å². The third-order valence-corrected chi connectivity index (χ3v) is 4.30. The van der Waals surface area contributed by atoms with Crippen LogP contribution in [-0.4, -0.2) is 10.6 Å². The normalized spacial score (nSPS) is 11.4. The first-order valence-corrected chi connectivity index (χ1v) is 8.20. The number of non-ortho nitro benzene ring substituents is 1. The molecule has 3 aromatic carbocycles. The SMILES string of the molecule is C=C(N/N=C(/C)c1cccc2ccccc12)c1cc([N+](=O)[O-])ccc1C. The first kappa shape index (κ1) is 17.4. The molecule has 0 heterocycles. The van der Waals surface area contributed by atoms with Gasteiger partial charge >= 0.3 is 0 Å².